The first-order valence-electron chi connectivity index (χ1n) is 10.8. The number of nitrogens with zero attached hydrogens (tertiary/aromatic N) is 4. The lowest BCUT2D eigenvalue weighted by atomic mass is 10.2. The molecule has 1 aromatic rings. The largest absolute Gasteiger partial charge is 0.355 e. The van der Waals surface area contributed by atoms with Crippen molar-refractivity contribution in [1.82, 2.24) is 20.0 Å². The number of likely N-dealkylation sites (tertiary alicyclic amines) is 1. The molecule has 29 heavy (non-hydrogen) atoms. The summed E-state index contributed by atoms with van der Waals surface area (Å²) in [6.07, 6.45) is 2.30. The van der Waals surface area contributed by atoms with Gasteiger partial charge in [-0.25, -0.2) is 0 Å². The number of nitrogens with one attached hydrogen (secondary N) is 1. The highest BCUT2D eigenvalue weighted by Crippen LogP contribution is 2.22. The summed E-state index contributed by atoms with van der Waals surface area (Å²) >= 11 is 1.88. The number of hydrogen-bond acceptors (Lipinski definition) is 4. The van der Waals surface area contributed by atoms with Crippen molar-refractivity contribution in [3.63, 3.8) is 0 Å². The molecule has 1 aromatic carbocycles. The molecule has 0 aromatic heterocycles. The molecular formula is C22H35N5OS. The zero-order valence-electron chi connectivity index (χ0n) is 18.0. The number of piperazine rings is 1. The van der Waals surface area contributed by atoms with Crippen LogP contribution >= 0.6 is 11.8 Å². The van der Waals surface area contributed by atoms with Gasteiger partial charge in [0.2, 0.25) is 5.91 Å². The predicted molar refractivity (Wildman–Crippen MR) is 122 cm³/mol. The molecule has 0 saturated carbocycles. The molecule has 0 spiro atoms. The van der Waals surface area contributed by atoms with Crippen molar-refractivity contribution in [3.05, 3.63) is 30.3 Å². The summed E-state index contributed by atoms with van der Waals surface area (Å²) in [5.41, 5.74) is 0. The Balaban J connectivity index is 1.43. The molecule has 160 valence electrons. The highest BCUT2D eigenvalue weighted by molar-refractivity contribution is 8.00. The maximum Gasteiger partial charge on any atom is 0.239 e. The number of guanidine groups is 1. The summed E-state index contributed by atoms with van der Waals surface area (Å²) in [5.74, 6) is 1.26. The van der Waals surface area contributed by atoms with Crippen molar-refractivity contribution < 1.29 is 4.79 Å². The van der Waals surface area contributed by atoms with Crippen LogP contribution in [0.25, 0.3) is 0 Å². The van der Waals surface area contributed by atoms with Crippen LogP contribution < -0.4 is 5.32 Å². The van der Waals surface area contributed by atoms with Crippen LogP contribution in [-0.4, -0.2) is 90.7 Å². The second-order valence-corrected chi connectivity index (χ2v) is 9.41. The predicted octanol–water partition coefficient (Wildman–Crippen LogP) is 2.37. The molecule has 0 radical (unpaired) electrons. The fourth-order valence-corrected chi connectivity index (χ4v) is 4.96. The Labute approximate surface area is 179 Å². The number of aliphatic imine (C=N–C) groups is 1. The van der Waals surface area contributed by atoms with Crippen LogP contribution in [0.2, 0.25) is 0 Å². The van der Waals surface area contributed by atoms with E-state index in [4.69, 9.17) is 0 Å². The first-order chi connectivity index (χ1) is 14.1. The van der Waals surface area contributed by atoms with Gasteiger partial charge in [-0.15, -0.1) is 11.8 Å². The Hall–Kier alpha value is -1.73. The third-order valence-corrected chi connectivity index (χ3v) is 6.89. The molecule has 6 nitrogen and oxygen atoms in total. The average molecular weight is 418 g/mol. The molecule has 3 rings (SSSR count). The maximum atomic E-state index is 12.7. The van der Waals surface area contributed by atoms with Crippen LogP contribution in [-0.2, 0) is 4.79 Å². The number of thioether (sulfide) groups is 1. The third kappa shape index (κ3) is 6.12. The van der Waals surface area contributed by atoms with E-state index in [2.05, 4.69) is 58.2 Å². The van der Waals surface area contributed by atoms with E-state index in [1.54, 1.807) is 0 Å². The Morgan fingerprint density at radius 1 is 1.03 bits per heavy atom. The van der Waals surface area contributed by atoms with Gasteiger partial charge in [0, 0.05) is 63.0 Å². The van der Waals surface area contributed by atoms with Gasteiger partial charge in [-0.3, -0.25) is 14.7 Å². The molecule has 2 fully saturated rings. The number of carbonyl (C=O) groups is 1. The monoisotopic (exact) mass is 417 g/mol. The van der Waals surface area contributed by atoms with Crippen molar-refractivity contribution in [2.75, 3.05) is 52.9 Å². The number of rotatable bonds is 6. The van der Waals surface area contributed by atoms with Gasteiger partial charge in [0.15, 0.2) is 5.96 Å². The lowest BCUT2D eigenvalue weighted by molar-refractivity contribution is -0.135. The van der Waals surface area contributed by atoms with E-state index >= 15 is 0 Å². The Morgan fingerprint density at radius 2 is 1.69 bits per heavy atom. The normalized spacial score (nSPS) is 20.6. The van der Waals surface area contributed by atoms with Crippen molar-refractivity contribution in [2.45, 2.75) is 42.9 Å². The highest BCUT2D eigenvalue weighted by atomic mass is 32.2. The van der Waals surface area contributed by atoms with Crippen molar-refractivity contribution >= 4 is 23.6 Å². The van der Waals surface area contributed by atoms with E-state index < -0.39 is 0 Å². The molecule has 1 N–H and O–H groups in total. The van der Waals surface area contributed by atoms with Crippen molar-refractivity contribution in [1.29, 1.82) is 0 Å². The summed E-state index contributed by atoms with van der Waals surface area (Å²) in [6.45, 7) is 10.6. The lowest BCUT2D eigenvalue weighted by Crippen LogP contribution is -2.57. The summed E-state index contributed by atoms with van der Waals surface area (Å²) in [5, 5.41) is 3.98. The molecule has 2 saturated heterocycles. The van der Waals surface area contributed by atoms with Crippen LogP contribution in [0.1, 0.15) is 26.7 Å². The fraction of sp³-hybridized carbons (Fsp3) is 0.636. The minimum Gasteiger partial charge on any atom is -0.355 e. The van der Waals surface area contributed by atoms with Crippen molar-refractivity contribution in [2.24, 2.45) is 4.99 Å². The molecule has 0 bridgehead atoms. The molecule has 7 heteroatoms. The molecule has 2 aliphatic heterocycles. The minimum atomic E-state index is -0.0208. The van der Waals surface area contributed by atoms with Gasteiger partial charge in [0.25, 0.3) is 0 Å². The van der Waals surface area contributed by atoms with E-state index in [9.17, 15) is 4.79 Å². The van der Waals surface area contributed by atoms with Gasteiger partial charge in [-0.1, -0.05) is 25.1 Å². The van der Waals surface area contributed by atoms with Crippen LogP contribution in [0.5, 0.6) is 0 Å². The average Bonchev–Trinajstić information content (AvgIpc) is 3.29. The van der Waals surface area contributed by atoms with Gasteiger partial charge < -0.3 is 15.1 Å². The second-order valence-electron chi connectivity index (χ2n) is 7.90. The molecule has 2 heterocycles. The van der Waals surface area contributed by atoms with E-state index in [0.717, 1.165) is 64.6 Å². The fourth-order valence-electron chi connectivity index (χ4n) is 4.02. The first-order valence-corrected chi connectivity index (χ1v) is 11.7. The van der Waals surface area contributed by atoms with Gasteiger partial charge >= 0.3 is 0 Å². The standard InChI is InChI=1S/C22H35N5OS/c1-18(29-20-9-5-4-6-10-20)17-24-22(23-3)27-15-13-25(14-16-27)19(2)21(28)26-11-7-8-12-26/h4-6,9-10,18-19H,7-8,11-17H2,1-3H3,(H,23,24). The Bertz CT molecular complexity index is 669. The van der Waals surface area contributed by atoms with Crippen LogP contribution in [0, 0.1) is 0 Å². The van der Waals surface area contributed by atoms with Crippen LogP contribution in [0.3, 0.4) is 0 Å². The quantitative estimate of drug-likeness (QED) is 0.438. The number of hydrogen-bond donors (Lipinski definition) is 1. The zero-order valence-corrected chi connectivity index (χ0v) is 18.8. The van der Waals surface area contributed by atoms with Crippen LogP contribution in [0.15, 0.2) is 40.2 Å². The van der Waals surface area contributed by atoms with E-state index in [0.29, 0.717) is 11.2 Å². The van der Waals surface area contributed by atoms with Crippen molar-refractivity contribution in [3.8, 4) is 0 Å². The van der Waals surface area contributed by atoms with Gasteiger partial charge in [0.05, 0.1) is 6.04 Å². The highest BCUT2D eigenvalue weighted by Gasteiger charge is 2.30. The summed E-state index contributed by atoms with van der Waals surface area (Å²) in [6, 6.07) is 10.5. The summed E-state index contributed by atoms with van der Waals surface area (Å²) in [4.78, 5) is 25.1. The molecular weight excluding hydrogens is 382 g/mol. The van der Waals surface area contributed by atoms with Gasteiger partial charge in [-0.2, -0.15) is 0 Å². The molecule has 2 atom stereocenters. The lowest BCUT2D eigenvalue weighted by Gasteiger charge is -2.39. The van der Waals surface area contributed by atoms with Gasteiger partial charge in [-0.05, 0) is 31.9 Å². The van der Waals surface area contributed by atoms with E-state index in [-0.39, 0.29) is 6.04 Å². The molecule has 2 aliphatic rings. The maximum absolute atomic E-state index is 12.7. The molecule has 0 aliphatic carbocycles. The Morgan fingerprint density at radius 3 is 2.31 bits per heavy atom. The second kappa shape index (κ2) is 10.9. The van der Waals surface area contributed by atoms with Crippen LogP contribution in [0.4, 0.5) is 0 Å². The molecule has 1 amide bonds. The number of carbonyl (C=O) groups excluding carboxylic acids is 1. The number of benzene rings is 1. The smallest absolute Gasteiger partial charge is 0.239 e. The van der Waals surface area contributed by atoms with E-state index in [1.165, 1.54) is 4.90 Å². The van der Waals surface area contributed by atoms with E-state index in [1.807, 2.05) is 29.8 Å². The third-order valence-electron chi connectivity index (χ3n) is 5.78. The SMILES string of the molecule is CN=C(NCC(C)Sc1ccccc1)N1CCN(C(C)C(=O)N2CCCC2)CC1. The topological polar surface area (TPSA) is 51.2 Å². The van der Waals surface area contributed by atoms with Gasteiger partial charge in [0.1, 0.15) is 0 Å². The Kier molecular flexibility index (Phi) is 8.24. The summed E-state index contributed by atoms with van der Waals surface area (Å²) in [7, 11) is 1.85. The zero-order chi connectivity index (χ0) is 20.6. The summed E-state index contributed by atoms with van der Waals surface area (Å²) < 4.78 is 0. The first kappa shape index (κ1) is 22.0. The number of amides is 1. The minimum absolute atomic E-state index is 0.0208. The molecule has 2 unspecified atom stereocenters.